The summed E-state index contributed by atoms with van der Waals surface area (Å²) in [6.45, 7) is 3.84. The lowest BCUT2D eigenvalue weighted by Gasteiger charge is -2.26. The molecule has 2 rings (SSSR count). The molecule has 0 bridgehead atoms. The zero-order chi connectivity index (χ0) is 16.2. The number of nitrogens with zero attached hydrogens (tertiary/aromatic N) is 2. The summed E-state index contributed by atoms with van der Waals surface area (Å²) in [5, 5.41) is 2.90. The molecule has 120 valence electrons. The second kappa shape index (κ2) is 6.92. The summed E-state index contributed by atoms with van der Waals surface area (Å²) in [5.74, 6) is -0.211. The third kappa shape index (κ3) is 3.47. The highest BCUT2D eigenvalue weighted by molar-refractivity contribution is 6.14. The topological polar surface area (TPSA) is 52.7 Å². The maximum absolute atomic E-state index is 12.9. The second-order valence-corrected chi connectivity index (χ2v) is 6.03. The van der Waals surface area contributed by atoms with Gasteiger partial charge in [-0.3, -0.25) is 9.59 Å². The van der Waals surface area contributed by atoms with Crippen LogP contribution in [0, 0.1) is 5.41 Å². The molecule has 0 saturated heterocycles. The molecule has 0 spiro atoms. The highest BCUT2D eigenvalue weighted by Crippen LogP contribution is 2.48. The first-order chi connectivity index (χ1) is 10.5. The van der Waals surface area contributed by atoms with Crippen LogP contribution in [-0.4, -0.2) is 50.4 Å². The van der Waals surface area contributed by atoms with Crippen LogP contribution >= 0.6 is 0 Å². The van der Waals surface area contributed by atoms with Crippen molar-refractivity contribution in [2.75, 3.05) is 38.6 Å². The number of para-hydroxylation sites is 1. The fourth-order valence-electron chi connectivity index (χ4n) is 2.53. The molecule has 1 aliphatic rings. The second-order valence-electron chi connectivity index (χ2n) is 6.03. The van der Waals surface area contributed by atoms with Crippen molar-refractivity contribution in [1.29, 1.82) is 0 Å². The van der Waals surface area contributed by atoms with Crippen LogP contribution < -0.4 is 10.2 Å². The molecular weight excluding hydrogens is 278 g/mol. The Balaban J connectivity index is 2.05. The molecule has 5 heteroatoms. The van der Waals surface area contributed by atoms with E-state index in [1.165, 1.54) is 0 Å². The van der Waals surface area contributed by atoms with Crippen molar-refractivity contribution in [3.8, 4) is 0 Å². The summed E-state index contributed by atoms with van der Waals surface area (Å²) in [7, 11) is 3.91. The zero-order valence-corrected chi connectivity index (χ0v) is 13.6. The van der Waals surface area contributed by atoms with Gasteiger partial charge in [0.05, 0.1) is 0 Å². The predicted octanol–water partition coefficient (Wildman–Crippen LogP) is 1.50. The first-order valence-electron chi connectivity index (χ1n) is 7.81. The van der Waals surface area contributed by atoms with Crippen molar-refractivity contribution in [3.63, 3.8) is 0 Å². The lowest BCUT2D eigenvalue weighted by atomic mass is 10.0. The number of nitrogens with one attached hydrogen (secondary N) is 1. The van der Waals surface area contributed by atoms with E-state index in [0.717, 1.165) is 12.2 Å². The van der Waals surface area contributed by atoms with Gasteiger partial charge in [-0.05, 0) is 46.0 Å². The summed E-state index contributed by atoms with van der Waals surface area (Å²) < 4.78 is 0. The quantitative estimate of drug-likeness (QED) is 0.777. The average Bonchev–Trinajstić information content (AvgIpc) is 3.30. The van der Waals surface area contributed by atoms with Gasteiger partial charge in [-0.15, -0.1) is 0 Å². The van der Waals surface area contributed by atoms with Crippen molar-refractivity contribution < 1.29 is 9.59 Å². The molecule has 1 fully saturated rings. The molecule has 1 N–H and O–H groups in total. The van der Waals surface area contributed by atoms with Crippen LogP contribution in [0.4, 0.5) is 5.69 Å². The van der Waals surface area contributed by atoms with Crippen molar-refractivity contribution in [1.82, 2.24) is 10.2 Å². The van der Waals surface area contributed by atoms with Gasteiger partial charge in [0.2, 0.25) is 11.8 Å². The molecule has 0 unspecified atom stereocenters. The number of benzene rings is 1. The van der Waals surface area contributed by atoms with E-state index in [0.29, 0.717) is 25.9 Å². The summed E-state index contributed by atoms with van der Waals surface area (Å²) in [4.78, 5) is 29.0. The van der Waals surface area contributed by atoms with Crippen LogP contribution in [0.15, 0.2) is 30.3 Å². The molecule has 1 aromatic carbocycles. The van der Waals surface area contributed by atoms with E-state index in [-0.39, 0.29) is 11.8 Å². The minimum atomic E-state index is -0.849. The maximum atomic E-state index is 12.9. The fraction of sp³-hybridized carbons (Fsp3) is 0.529. The Morgan fingerprint density at radius 2 is 1.82 bits per heavy atom. The Labute approximate surface area is 132 Å². The van der Waals surface area contributed by atoms with Crippen LogP contribution in [0.5, 0.6) is 0 Å². The normalized spacial score (nSPS) is 15.5. The van der Waals surface area contributed by atoms with Crippen LogP contribution in [0.25, 0.3) is 0 Å². The number of likely N-dealkylation sites (N-methyl/N-ethyl adjacent to an activating group) is 1. The van der Waals surface area contributed by atoms with E-state index in [4.69, 9.17) is 0 Å². The van der Waals surface area contributed by atoms with Crippen LogP contribution in [0.2, 0.25) is 0 Å². The summed E-state index contributed by atoms with van der Waals surface area (Å²) in [6.07, 6.45) is 1.28. The number of hydrogen-bond donors (Lipinski definition) is 1. The predicted molar refractivity (Wildman–Crippen MR) is 87.7 cm³/mol. The Kier molecular flexibility index (Phi) is 5.19. The molecule has 1 saturated carbocycles. The molecule has 1 aliphatic carbocycles. The summed E-state index contributed by atoms with van der Waals surface area (Å²) >= 11 is 0. The van der Waals surface area contributed by atoms with Gasteiger partial charge >= 0.3 is 0 Å². The summed E-state index contributed by atoms with van der Waals surface area (Å²) in [6, 6.07) is 9.54. The molecule has 0 radical (unpaired) electrons. The van der Waals surface area contributed by atoms with Crippen molar-refractivity contribution in [3.05, 3.63) is 30.3 Å². The Hall–Kier alpha value is -1.88. The van der Waals surface area contributed by atoms with Gasteiger partial charge in [0, 0.05) is 25.3 Å². The van der Waals surface area contributed by atoms with Crippen LogP contribution in [-0.2, 0) is 9.59 Å². The van der Waals surface area contributed by atoms with Gasteiger partial charge in [-0.1, -0.05) is 18.2 Å². The Bertz CT molecular complexity index is 524. The third-order valence-corrected chi connectivity index (χ3v) is 4.07. The smallest absolute Gasteiger partial charge is 0.242 e. The lowest BCUT2D eigenvalue weighted by Crippen LogP contribution is -2.46. The van der Waals surface area contributed by atoms with E-state index >= 15 is 0 Å². The Morgan fingerprint density at radius 1 is 1.18 bits per heavy atom. The van der Waals surface area contributed by atoms with Crippen LogP contribution in [0.1, 0.15) is 19.8 Å². The van der Waals surface area contributed by atoms with Crippen molar-refractivity contribution >= 4 is 17.5 Å². The zero-order valence-electron chi connectivity index (χ0n) is 13.6. The molecule has 0 atom stereocenters. The molecular formula is C17H25N3O2. The standard InChI is InChI=1S/C17H25N3O2/c1-4-20(14-8-6-5-7-9-14)16(22)17(10-11-17)15(21)18-12-13-19(2)3/h5-9H,4,10-13H2,1-3H3,(H,18,21). The van der Waals surface area contributed by atoms with Crippen molar-refractivity contribution in [2.45, 2.75) is 19.8 Å². The molecule has 0 aromatic heterocycles. The van der Waals surface area contributed by atoms with Gasteiger partial charge < -0.3 is 15.1 Å². The molecule has 22 heavy (non-hydrogen) atoms. The number of anilines is 1. The van der Waals surface area contributed by atoms with Gasteiger partial charge in [-0.2, -0.15) is 0 Å². The maximum Gasteiger partial charge on any atom is 0.242 e. The number of rotatable bonds is 7. The number of hydrogen-bond acceptors (Lipinski definition) is 3. The highest BCUT2D eigenvalue weighted by atomic mass is 16.2. The molecule has 0 aliphatic heterocycles. The number of carbonyl (C=O) groups is 2. The molecule has 2 amide bonds. The van der Waals surface area contributed by atoms with Gasteiger partial charge in [-0.25, -0.2) is 0 Å². The SMILES string of the molecule is CCN(C(=O)C1(C(=O)NCCN(C)C)CC1)c1ccccc1. The van der Waals surface area contributed by atoms with Gasteiger partial charge in [0.15, 0.2) is 0 Å². The monoisotopic (exact) mass is 303 g/mol. The van der Waals surface area contributed by atoms with E-state index in [9.17, 15) is 9.59 Å². The number of amides is 2. The van der Waals surface area contributed by atoms with E-state index in [2.05, 4.69) is 5.32 Å². The summed E-state index contributed by atoms with van der Waals surface area (Å²) in [5.41, 5.74) is 0.000370. The van der Waals surface area contributed by atoms with Crippen molar-refractivity contribution in [2.24, 2.45) is 5.41 Å². The molecule has 5 nitrogen and oxygen atoms in total. The minimum Gasteiger partial charge on any atom is -0.354 e. The highest BCUT2D eigenvalue weighted by Gasteiger charge is 2.57. The fourth-order valence-corrected chi connectivity index (χ4v) is 2.53. The van der Waals surface area contributed by atoms with Gasteiger partial charge in [0.25, 0.3) is 0 Å². The minimum absolute atomic E-state index is 0.0800. The number of carbonyl (C=O) groups excluding carboxylic acids is 2. The van der Waals surface area contributed by atoms with E-state index in [1.807, 2.05) is 56.3 Å². The first-order valence-corrected chi connectivity index (χ1v) is 7.81. The molecule has 1 aromatic rings. The average molecular weight is 303 g/mol. The largest absolute Gasteiger partial charge is 0.354 e. The van der Waals surface area contributed by atoms with E-state index in [1.54, 1.807) is 4.90 Å². The van der Waals surface area contributed by atoms with E-state index < -0.39 is 5.41 Å². The molecule has 0 heterocycles. The lowest BCUT2D eigenvalue weighted by molar-refractivity contribution is -0.135. The van der Waals surface area contributed by atoms with Crippen LogP contribution in [0.3, 0.4) is 0 Å². The Morgan fingerprint density at radius 3 is 2.32 bits per heavy atom. The van der Waals surface area contributed by atoms with Gasteiger partial charge in [0.1, 0.15) is 5.41 Å². The first kappa shape index (κ1) is 16.5. The third-order valence-electron chi connectivity index (χ3n) is 4.07.